The molecule has 0 fully saturated rings. The molecule has 23 heavy (non-hydrogen) atoms. The second-order valence-electron chi connectivity index (χ2n) is 5.09. The summed E-state index contributed by atoms with van der Waals surface area (Å²) in [4.78, 5) is 2.81. The number of hydrogen-bond donors (Lipinski definition) is 0. The molecule has 0 spiro atoms. The Balaban J connectivity index is 0.000000638. The maximum atomic E-state index is 2.33. The minimum absolute atomic E-state index is 0. The van der Waals surface area contributed by atoms with Crippen molar-refractivity contribution in [3.8, 4) is 21.6 Å². The van der Waals surface area contributed by atoms with Gasteiger partial charge >= 0.3 is 0 Å². The quantitative estimate of drug-likeness (QED) is 0.288. The van der Waals surface area contributed by atoms with E-state index in [0.29, 0.717) is 0 Å². The van der Waals surface area contributed by atoms with Gasteiger partial charge in [0.1, 0.15) is 0 Å². The van der Waals surface area contributed by atoms with E-state index in [4.69, 9.17) is 0 Å². The second kappa shape index (κ2) is 8.92. The van der Waals surface area contributed by atoms with Crippen molar-refractivity contribution in [2.45, 2.75) is 27.2 Å². The van der Waals surface area contributed by atoms with Crippen molar-refractivity contribution in [2.75, 3.05) is 0 Å². The summed E-state index contributed by atoms with van der Waals surface area (Å²) in [7, 11) is 0. The normalized spacial score (nSPS) is 10.4. The molecular formula is C21H23SY-. The summed E-state index contributed by atoms with van der Waals surface area (Å²) in [6.07, 6.45) is 1.03. The molecule has 4 rings (SSSR count). The second-order valence-corrected chi connectivity index (χ2v) is 6.35. The van der Waals surface area contributed by atoms with Crippen LogP contribution < -0.4 is 0 Å². The molecule has 0 nitrogen and oxygen atoms in total. The van der Waals surface area contributed by atoms with Crippen molar-refractivity contribution >= 4 is 11.3 Å². The molecule has 0 aliphatic heterocycles. The molecule has 0 saturated heterocycles. The van der Waals surface area contributed by atoms with E-state index >= 15 is 0 Å². The van der Waals surface area contributed by atoms with Crippen LogP contribution in [0, 0.1) is 14.4 Å². The van der Waals surface area contributed by atoms with E-state index < -0.39 is 0 Å². The topological polar surface area (TPSA) is 0 Å². The van der Waals surface area contributed by atoms with Crippen LogP contribution in [0.5, 0.6) is 0 Å². The number of benzene rings is 2. The smallest absolute Gasteiger partial charge is 0.0426 e. The number of thiophene rings is 1. The number of fused-ring (bicyclic) bond motifs is 5. The van der Waals surface area contributed by atoms with Crippen molar-refractivity contribution in [3.05, 3.63) is 78.0 Å². The first-order chi connectivity index (χ1) is 10.3. The Hall–Kier alpha value is -0.756. The molecule has 0 N–H and O–H groups in total. The van der Waals surface area contributed by atoms with Crippen molar-refractivity contribution in [3.63, 3.8) is 0 Å². The minimum Gasteiger partial charge on any atom is -0.358 e. The predicted octanol–water partition coefficient (Wildman–Crippen LogP) is 6.77. The summed E-state index contributed by atoms with van der Waals surface area (Å²) in [5.41, 5.74) is 7.09. The van der Waals surface area contributed by atoms with E-state index in [2.05, 4.69) is 61.5 Å². The molecule has 0 saturated carbocycles. The fourth-order valence-corrected chi connectivity index (χ4v) is 4.04. The van der Waals surface area contributed by atoms with Gasteiger partial charge in [0.2, 0.25) is 0 Å². The predicted molar refractivity (Wildman–Crippen MR) is 100 cm³/mol. The Morgan fingerprint density at radius 1 is 0.783 bits per heavy atom. The summed E-state index contributed by atoms with van der Waals surface area (Å²) in [5, 5.41) is 0. The minimum atomic E-state index is 0. The summed E-state index contributed by atoms with van der Waals surface area (Å²) in [6.45, 7) is 6.20. The first-order valence-corrected chi connectivity index (χ1v) is 8.41. The van der Waals surface area contributed by atoms with Crippen molar-refractivity contribution in [1.82, 2.24) is 0 Å². The molecule has 117 valence electrons. The third-order valence-electron chi connectivity index (χ3n) is 3.81. The van der Waals surface area contributed by atoms with Gasteiger partial charge in [-0.05, 0) is 41.7 Å². The van der Waals surface area contributed by atoms with E-state index in [-0.39, 0.29) is 40.1 Å². The molecule has 1 heterocycles. The van der Waals surface area contributed by atoms with E-state index in [9.17, 15) is 0 Å². The van der Waals surface area contributed by atoms with Crippen LogP contribution in [-0.2, 0) is 39.1 Å². The molecule has 0 atom stereocenters. The van der Waals surface area contributed by atoms with Crippen LogP contribution >= 0.6 is 11.3 Å². The zero-order valence-electron chi connectivity index (χ0n) is 14.4. The van der Waals surface area contributed by atoms with Crippen LogP contribution in [0.1, 0.15) is 29.9 Å². The monoisotopic (exact) mass is 396 g/mol. The third kappa shape index (κ3) is 3.84. The van der Waals surface area contributed by atoms with Crippen LogP contribution in [-0.4, -0.2) is 0 Å². The zero-order chi connectivity index (χ0) is 14.8. The van der Waals surface area contributed by atoms with E-state index in [1.54, 1.807) is 0 Å². The van der Waals surface area contributed by atoms with Gasteiger partial charge < -0.3 is 7.43 Å². The van der Waals surface area contributed by atoms with Gasteiger partial charge in [0.15, 0.2) is 0 Å². The summed E-state index contributed by atoms with van der Waals surface area (Å²) in [5.74, 6) is 0. The summed E-state index contributed by atoms with van der Waals surface area (Å²) >= 11 is 1.91. The Kier molecular flexibility index (Phi) is 7.87. The van der Waals surface area contributed by atoms with Gasteiger partial charge in [-0.25, -0.2) is 0 Å². The molecule has 1 aliphatic carbocycles. The molecule has 3 aromatic rings. The van der Waals surface area contributed by atoms with E-state index in [1.165, 1.54) is 37.6 Å². The van der Waals surface area contributed by atoms with Gasteiger partial charge in [-0.15, -0.1) is 11.3 Å². The van der Waals surface area contributed by atoms with Gasteiger partial charge in [0, 0.05) is 48.0 Å². The molecule has 0 amide bonds. The van der Waals surface area contributed by atoms with Crippen molar-refractivity contribution < 1.29 is 32.7 Å². The Morgan fingerprint density at radius 2 is 1.30 bits per heavy atom. The fraction of sp³-hybridized carbons (Fsp3) is 0.190. The van der Waals surface area contributed by atoms with Crippen LogP contribution in [0.2, 0.25) is 0 Å². The standard InChI is InChI=1S/C18H14S.C2H6.CH3.Y/c1-12-10-17-15-8-4-2-6-13(15)11-14-7-3-5-9-16(14)18(17)19-12;1-2;;/h2-10H,11H2,1H3;1-2H3;1H3;/q;;-1;. The average Bonchev–Trinajstić information content (AvgIpc) is 2.86. The Labute approximate surface area is 169 Å². The molecular weight excluding hydrogens is 373 g/mol. The third-order valence-corrected chi connectivity index (χ3v) is 4.89. The molecule has 1 aliphatic rings. The number of rotatable bonds is 0. The van der Waals surface area contributed by atoms with E-state index in [0.717, 1.165) is 6.42 Å². The molecule has 2 aromatic carbocycles. The van der Waals surface area contributed by atoms with Crippen molar-refractivity contribution in [2.24, 2.45) is 0 Å². The van der Waals surface area contributed by atoms with Gasteiger partial charge in [0.25, 0.3) is 0 Å². The maximum Gasteiger partial charge on any atom is 0.0426 e. The first kappa shape index (κ1) is 20.3. The van der Waals surface area contributed by atoms with Gasteiger partial charge in [-0.2, -0.15) is 0 Å². The first-order valence-electron chi connectivity index (χ1n) is 7.60. The van der Waals surface area contributed by atoms with Gasteiger partial charge in [0.05, 0.1) is 0 Å². The summed E-state index contributed by atoms with van der Waals surface area (Å²) < 4.78 is 0. The van der Waals surface area contributed by atoms with Gasteiger partial charge in [-0.1, -0.05) is 62.4 Å². The summed E-state index contributed by atoms with van der Waals surface area (Å²) in [6, 6.07) is 19.9. The average molecular weight is 396 g/mol. The van der Waals surface area contributed by atoms with Crippen LogP contribution in [0.15, 0.2) is 54.6 Å². The van der Waals surface area contributed by atoms with Crippen LogP contribution in [0.25, 0.3) is 21.6 Å². The fourth-order valence-electron chi connectivity index (χ4n) is 2.95. The van der Waals surface area contributed by atoms with Gasteiger partial charge in [-0.3, -0.25) is 0 Å². The Bertz CT molecular complexity index is 708. The zero-order valence-corrected chi connectivity index (χ0v) is 18.0. The molecule has 0 unspecified atom stereocenters. The van der Waals surface area contributed by atoms with Crippen LogP contribution in [0.4, 0.5) is 0 Å². The van der Waals surface area contributed by atoms with Crippen molar-refractivity contribution in [1.29, 1.82) is 0 Å². The molecule has 1 aromatic heterocycles. The largest absolute Gasteiger partial charge is 0.358 e. The SMILES string of the molecule is CC.Cc1cc2c(s1)-c1ccccc1Cc1ccccc1-2.[CH3-].[Y]. The molecule has 2 heteroatoms. The maximum absolute atomic E-state index is 2.33. The number of aryl methyl sites for hydroxylation is 1. The molecule has 1 radical (unpaired) electrons. The Morgan fingerprint density at radius 3 is 1.96 bits per heavy atom. The van der Waals surface area contributed by atoms with E-state index in [1.807, 2.05) is 25.2 Å². The van der Waals surface area contributed by atoms with Crippen LogP contribution in [0.3, 0.4) is 0 Å². The number of hydrogen-bond acceptors (Lipinski definition) is 1. The molecule has 0 bridgehead atoms.